The molecule has 0 amide bonds. The van der Waals surface area contributed by atoms with Gasteiger partial charge < -0.3 is 13.4 Å². The number of para-hydroxylation sites is 1. The fourth-order valence-electron chi connectivity index (χ4n) is 3.87. The quantitative estimate of drug-likeness (QED) is 0.527. The van der Waals surface area contributed by atoms with Crippen LogP contribution in [0.1, 0.15) is 5.56 Å². The van der Waals surface area contributed by atoms with Crippen molar-refractivity contribution < 1.29 is 13.2 Å². The molecule has 0 saturated carbocycles. The smallest absolute Gasteiger partial charge is 0.388 e. The number of halogens is 2. The summed E-state index contributed by atoms with van der Waals surface area (Å²) in [6.45, 7) is -4.33. The summed E-state index contributed by atoms with van der Waals surface area (Å²) in [5.41, 5.74) is 2.91. The second-order valence-corrected chi connectivity index (χ2v) is 6.61. The Morgan fingerprint density at radius 3 is 2.14 bits per heavy atom. The summed E-state index contributed by atoms with van der Waals surface area (Å²) >= 11 is 0. The van der Waals surface area contributed by atoms with Crippen LogP contribution in [0.2, 0.25) is 0 Å². The van der Waals surface area contributed by atoms with Crippen LogP contribution < -0.4 is 4.81 Å². The lowest BCUT2D eigenvalue weighted by Gasteiger charge is -2.35. The molecule has 2 heterocycles. The molecule has 0 fully saturated rings. The van der Waals surface area contributed by atoms with Crippen LogP contribution in [0.5, 0.6) is 0 Å². The van der Waals surface area contributed by atoms with E-state index in [0.29, 0.717) is 27.1 Å². The Kier molecular flexibility index (Phi) is 3.43. The van der Waals surface area contributed by atoms with E-state index >= 15 is 8.63 Å². The minimum atomic E-state index is -4.33. The van der Waals surface area contributed by atoms with Crippen LogP contribution in [0, 0.1) is 11.3 Å². The van der Waals surface area contributed by atoms with Crippen molar-refractivity contribution in [3.8, 4) is 17.2 Å². The lowest BCUT2D eigenvalue weighted by atomic mass is 9.85. The Balaban J connectivity index is 1.86. The Labute approximate surface area is 160 Å². The van der Waals surface area contributed by atoms with Gasteiger partial charge in [0.2, 0.25) is 0 Å². The molecule has 0 unspecified atom stereocenters. The van der Waals surface area contributed by atoms with Gasteiger partial charge in [0.25, 0.3) is 5.70 Å². The third kappa shape index (κ3) is 2.15. The highest BCUT2D eigenvalue weighted by Crippen LogP contribution is 2.51. The predicted molar refractivity (Wildman–Crippen MR) is 104 cm³/mol. The third-order valence-corrected chi connectivity index (χ3v) is 5.02. The van der Waals surface area contributed by atoms with Crippen LogP contribution in [-0.2, 0) is 0 Å². The summed E-state index contributed by atoms with van der Waals surface area (Å²) in [6, 6.07) is 24.8. The van der Waals surface area contributed by atoms with Gasteiger partial charge in [0.05, 0.1) is 0 Å². The lowest BCUT2D eigenvalue weighted by Crippen LogP contribution is -2.49. The van der Waals surface area contributed by atoms with Gasteiger partial charge in [-0.2, -0.15) is 5.26 Å². The van der Waals surface area contributed by atoms with Gasteiger partial charge in [-0.05, 0) is 23.8 Å². The van der Waals surface area contributed by atoms with E-state index in [1.807, 2.05) is 30.3 Å². The van der Waals surface area contributed by atoms with E-state index in [1.165, 1.54) is 0 Å². The maximum absolute atomic E-state index is 15.7. The summed E-state index contributed by atoms with van der Waals surface area (Å²) in [5.74, 6) is 0. The van der Waals surface area contributed by atoms with E-state index in [4.69, 9.17) is 0 Å². The molecule has 0 radical (unpaired) electrons. The number of nitrogens with zero attached hydrogens (tertiary/aromatic N) is 4. The second-order valence-electron chi connectivity index (χ2n) is 6.61. The molecule has 0 N–H and O–H groups in total. The molecule has 3 aromatic rings. The first-order valence-corrected chi connectivity index (χ1v) is 8.84. The molecule has 7 heteroatoms. The molecular weight excluding hydrogens is 357 g/mol. The number of rotatable bonds is 1. The zero-order valence-electron chi connectivity index (χ0n) is 14.6. The van der Waals surface area contributed by atoms with E-state index in [2.05, 4.69) is 5.11 Å². The molecule has 0 aliphatic carbocycles. The van der Waals surface area contributed by atoms with Crippen molar-refractivity contribution in [3.05, 3.63) is 90.1 Å². The molecular formula is C21H13BF2N4. The largest absolute Gasteiger partial charge is 0.762 e. The third-order valence-electron chi connectivity index (χ3n) is 5.02. The Bertz CT molecular complexity index is 1210. The fourth-order valence-corrected chi connectivity index (χ4v) is 3.87. The van der Waals surface area contributed by atoms with Gasteiger partial charge in [0.1, 0.15) is 11.4 Å². The maximum Gasteiger partial charge on any atom is 0.762 e. The number of anilines is 1. The van der Waals surface area contributed by atoms with Crippen LogP contribution >= 0.6 is 0 Å². The first kappa shape index (κ1) is 16.4. The first-order chi connectivity index (χ1) is 13.6. The summed E-state index contributed by atoms with van der Waals surface area (Å²) in [4.78, 5) is 0.975. The van der Waals surface area contributed by atoms with E-state index in [-0.39, 0.29) is 11.4 Å². The standard InChI is InChI=1S/C21H13BF2N4/c23-22(24)27-19-13-7-6-11-17(19)16-10-4-5-12-18(16)21(27)20(14-25)28(22)26-15-8-2-1-3-9-15/h1-13H/b28-26-. The van der Waals surface area contributed by atoms with E-state index in [9.17, 15) is 5.26 Å². The maximum atomic E-state index is 15.7. The van der Waals surface area contributed by atoms with Crippen molar-refractivity contribution in [1.82, 2.24) is 0 Å². The molecule has 4 nitrogen and oxygen atoms in total. The normalized spacial score (nSPS) is 17.8. The number of nitriles is 1. The Morgan fingerprint density at radius 1 is 0.821 bits per heavy atom. The molecule has 2 aliphatic rings. The van der Waals surface area contributed by atoms with Crippen molar-refractivity contribution in [3.63, 3.8) is 0 Å². The minimum Gasteiger partial charge on any atom is -0.388 e. The lowest BCUT2D eigenvalue weighted by molar-refractivity contribution is -0.424. The number of fused-ring (bicyclic) bond motifs is 6. The molecule has 28 heavy (non-hydrogen) atoms. The molecule has 0 aromatic heterocycles. The van der Waals surface area contributed by atoms with Crippen molar-refractivity contribution in [2.24, 2.45) is 5.11 Å². The number of allylic oxidation sites excluding steroid dienone is 1. The first-order valence-electron chi connectivity index (χ1n) is 8.84. The number of benzene rings is 3. The van der Waals surface area contributed by atoms with Gasteiger partial charge in [-0.15, -0.1) is 0 Å². The molecule has 5 rings (SSSR count). The van der Waals surface area contributed by atoms with Gasteiger partial charge in [0.15, 0.2) is 6.07 Å². The van der Waals surface area contributed by atoms with Gasteiger partial charge in [-0.25, -0.2) is 4.61 Å². The highest BCUT2D eigenvalue weighted by Gasteiger charge is 2.62. The van der Waals surface area contributed by atoms with Crippen LogP contribution in [0.4, 0.5) is 20.0 Å². The zero-order valence-corrected chi connectivity index (χ0v) is 14.6. The van der Waals surface area contributed by atoms with Gasteiger partial charge in [-0.3, -0.25) is 0 Å². The van der Waals surface area contributed by atoms with Crippen LogP contribution in [0.3, 0.4) is 0 Å². The number of azo groups is 1. The van der Waals surface area contributed by atoms with Gasteiger partial charge in [0, 0.05) is 16.8 Å². The summed E-state index contributed by atoms with van der Waals surface area (Å²) in [7, 11) is 0. The van der Waals surface area contributed by atoms with E-state index in [0.717, 1.165) is 10.4 Å². The van der Waals surface area contributed by atoms with Gasteiger partial charge >= 0.3 is 6.97 Å². The summed E-state index contributed by atoms with van der Waals surface area (Å²) in [5, 5.41) is 13.9. The predicted octanol–water partition coefficient (Wildman–Crippen LogP) is 5.55. The average Bonchev–Trinajstić information content (AvgIpc) is 2.96. The Morgan fingerprint density at radius 2 is 1.43 bits per heavy atom. The average molecular weight is 370 g/mol. The fraction of sp³-hybridized carbons (Fsp3) is 0. The number of hydrogen-bond acceptors (Lipinski definition) is 3. The van der Waals surface area contributed by atoms with Crippen molar-refractivity contribution in [2.45, 2.75) is 0 Å². The number of hydrogen-bond donors (Lipinski definition) is 0. The van der Waals surface area contributed by atoms with E-state index < -0.39 is 6.97 Å². The second kappa shape index (κ2) is 5.86. The SMILES string of the molecule is N#CC1=C2c3ccccc3-c3ccccc3N2[B-](F)(F)/[N+]1=N\c1ccccc1. The monoisotopic (exact) mass is 370 g/mol. The molecule has 3 aromatic carbocycles. The van der Waals surface area contributed by atoms with Crippen LogP contribution in [0.25, 0.3) is 16.8 Å². The van der Waals surface area contributed by atoms with Crippen molar-refractivity contribution in [1.29, 1.82) is 5.26 Å². The molecule has 0 bridgehead atoms. The minimum absolute atomic E-state index is 0.157. The molecule has 0 atom stereocenters. The van der Waals surface area contributed by atoms with Gasteiger partial charge in [-0.1, -0.05) is 65.8 Å². The summed E-state index contributed by atoms with van der Waals surface area (Å²) in [6.07, 6.45) is 0. The summed E-state index contributed by atoms with van der Waals surface area (Å²) < 4.78 is 31.9. The highest BCUT2D eigenvalue weighted by atomic mass is 19.2. The Hall–Kier alpha value is -3.79. The molecule has 0 spiro atoms. The van der Waals surface area contributed by atoms with Crippen LogP contribution in [-0.4, -0.2) is 11.6 Å². The highest BCUT2D eigenvalue weighted by molar-refractivity contribution is 6.67. The van der Waals surface area contributed by atoms with Crippen LogP contribution in [0.15, 0.2) is 89.7 Å². The van der Waals surface area contributed by atoms with Crippen molar-refractivity contribution >= 4 is 24.0 Å². The van der Waals surface area contributed by atoms with Crippen molar-refractivity contribution in [2.75, 3.05) is 4.81 Å². The molecule has 0 saturated heterocycles. The molecule has 134 valence electrons. The topological polar surface area (TPSA) is 42.4 Å². The zero-order chi connectivity index (χ0) is 19.3. The van der Waals surface area contributed by atoms with E-state index in [1.54, 1.807) is 54.6 Å². The molecule has 2 aliphatic heterocycles.